The van der Waals surface area contributed by atoms with Crippen molar-refractivity contribution in [3.05, 3.63) is 233 Å². The largest absolute Gasteiger partial charge is 0.416 e. The molecule has 10 rings (SSSR count). The van der Waals surface area contributed by atoms with Crippen LogP contribution in [0.25, 0.3) is 22.3 Å². The summed E-state index contributed by atoms with van der Waals surface area (Å²) in [6.07, 6.45) is -20.8. The van der Waals surface area contributed by atoms with E-state index in [2.05, 4.69) is 9.97 Å². The van der Waals surface area contributed by atoms with E-state index in [9.17, 15) is 57.7 Å². The number of alkyl halides is 6. The third-order valence-electron chi connectivity index (χ3n) is 14.0. The van der Waals surface area contributed by atoms with Crippen molar-refractivity contribution >= 4 is 35.3 Å². The second-order valence-electron chi connectivity index (χ2n) is 20.2. The lowest BCUT2D eigenvalue weighted by molar-refractivity contribution is -0.138. The molecule has 6 aromatic carbocycles. The van der Waals surface area contributed by atoms with Crippen molar-refractivity contribution in [2.45, 2.75) is 133 Å². The minimum atomic E-state index is -5.25. The number of carbonyl (C=O) groups excluding carboxylic acids is 2. The van der Waals surface area contributed by atoms with Crippen molar-refractivity contribution in [1.82, 2.24) is 38.7 Å². The smallest absolute Gasteiger partial charge is 0.336 e. The zero-order valence-electron chi connectivity index (χ0n) is 83.8. The minimum Gasteiger partial charge on any atom is -0.336 e. The average molecular weight is 1380 g/mol. The summed E-state index contributed by atoms with van der Waals surface area (Å²) in [6, 6.07) is -0.0875. The van der Waals surface area contributed by atoms with Crippen LogP contribution in [0.2, 0.25) is 0 Å². The lowest BCUT2D eigenvalue weighted by Crippen LogP contribution is -2.40. The molecule has 0 saturated heterocycles. The highest BCUT2D eigenvalue weighted by atomic mass is 32.2. The quantitative estimate of drug-likeness (QED) is 0.0295. The summed E-state index contributed by atoms with van der Waals surface area (Å²) in [5, 5.41) is -2.13. The molecule has 2 aromatic heterocycles. The van der Waals surface area contributed by atoms with Crippen LogP contribution in [0.4, 0.5) is 35.1 Å². The van der Waals surface area contributed by atoms with Gasteiger partial charge in [0.1, 0.15) is 24.6 Å². The molecule has 2 amide bonds. The number of thioether (sulfide) groups is 2. The third-order valence-corrected chi connectivity index (χ3v) is 15.5. The minimum absolute atomic E-state index is 0.0236. The lowest BCUT2D eigenvalue weighted by atomic mass is 9.98. The van der Waals surface area contributed by atoms with Gasteiger partial charge in [0, 0.05) is 92.2 Å². The number of carbonyl (C=O) groups is 2. The second kappa shape index (κ2) is 32.7. The van der Waals surface area contributed by atoms with Gasteiger partial charge in [-0.25, -0.2) is 8.78 Å². The Morgan fingerprint density at radius 1 is 0.547 bits per heavy atom. The number of hydrogen-bond donors (Lipinski definition) is 0. The van der Waals surface area contributed by atoms with Crippen LogP contribution in [0.1, 0.15) is 147 Å². The first-order valence-corrected chi connectivity index (χ1v) is 30.5. The molecule has 2 aliphatic carbocycles. The number of halogens is 8. The topological polar surface area (TPSA) is 117 Å². The zero-order valence-corrected chi connectivity index (χ0v) is 52.5. The standard InChI is InChI=1S/C37H40F4N4O2S.C36H38F4N4O2S/c1-4-43(5-2)19-20-44(22-26-9-13-28(14-10-26)29-15-18-32(25(3)21-29)37(39,40)41)34(46)23-45-33-8-6-7-31(33)35(47)42-36(45)48-24-27-11-16-30(38)17-12-27;1-3-42(4-2)20-21-43(22-25-8-12-27(13-9-25)28-14-16-29(17-15-28)36(38,39)40)33(45)23-44-32-7-5-6-31(32)34(46)41-35(44)47-24-26-10-18-30(37)19-11-26/h9-18,21H,4-8,19-20,22-24H2,1-3H3;8-19H,3-7,20-24H2,1-2H3/i6D2,7D2,8D2,9D,10D,13D,14D,15D,18D,19D2,20D2,21D,23D2,24D2;10D,11D,18D,19D,20D2,21D2,23D2,24D2. The van der Waals surface area contributed by atoms with Gasteiger partial charge in [0.25, 0.3) is 11.1 Å². The Morgan fingerprint density at radius 2 is 1.04 bits per heavy atom. The lowest BCUT2D eigenvalue weighted by Gasteiger charge is -2.28. The van der Waals surface area contributed by atoms with E-state index < -0.39 is 262 Å². The molecule has 0 bridgehead atoms. The highest BCUT2D eigenvalue weighted by Gasteiger charge is 2.33. The van der Waals surface area contributed by atoms with E-state index in [0.717, 1.165) is 53.1 Å². The number of fused-ring (bicyclic) bond motifs is 2. The average Bonchev–Trinajstić information content (AvgIpc) is 1.50. The summed E-state index contributed by atoms with van der Waals surface area (Å²) in [5.74, 6) is -6.42. The van der Waals surface area contributed by atoms with Gasteiger partial charge in [-0.1, -0.05) is 148 Å². The van der Waals surface area contributed by atoms with Crippen LogP contribution in [0.5, 0.6) is 0 Å². The first kappa shape index (κ1) is 39.3. The van der Waals surface area contributed by atoms with E-state index in [1.54, 1.807) is 13.8 Å². The maximum Gasteiger partial charge on any atom is 0.416 e. The number of amides is 2. The Morgan fingerprint density at radius 3 is 1.59 bits per heavy atom. The molecule has 2 aliphatic rings. The summed E-state index contributed by atoms with van der Waals surface area (Å²) >= 11 is -0.288. The molecule has 0 fully saturated rings. The molecular formula is C73H78F8N8O4S2. The fraction of sp³-hybridized carbons (Fsp3) is 0.370. The van der Waals surface area contributed by atoms with E-state index in [0.29, 0.717) is 20.6 Å². The van der Waals surface area contributed by atoms with Gasteiger partial charge in [0.05, 0.1) is 37.2 Å². The number of benzene rings is 6. The molecule has 22 heteroatoms. The van der Waals surface area contributed by atoms with E-state index in [1.165, 1.54) is 50.2 Å². The van der Waals surface area contributed by atoms with Gasteiger partial charge < -0.3 is 28.7 Å². The summed E-state index contributed by atoms with van der Waals surface area (Å²) in [6.45, 7) is -18.0. The van der Waals surface area contributed by atoms with Gasteiger partial charge >= 0.3 is 12.4 Å². The molecule has 8 aromatic rings. The van der Waals surface area contributed by atoms with Crippen LogP contribution >= 0.6 is 23.5 Å². The normalized spacial score (nSPS) is 20.7. The number of rotatable bonds is 26. The predicted molar refractivity (Wildman–Crippen MR) is 358 cm³/mol. The first-order chi connectivity index (χ1) is 58.4. The Balaban J connectivity index is 0.000000292. The van der Waals surface area contributed by atoms with Crippen LogP contribution in [-0.4, -0.2) is 103 Å². The maximum absolute atomic E-state index is 15.2. The van der Waals surface area contributed by atoms with Crippen LogP contribution in [0.3, 0.4) is 0 Å². The molecule has 12 nitrogen and oxygen atoms in total. The van der Waals surface area contributed by atoms with Crippen molar-refractivity contribution in [1.29, 1.82) is 0 Å². The van der Waals surface area contributed by atoms with E-state index in [4.69, 9.17) is 37.0 Å². The second-order valence-corrected chi connectivity index (χ2v) is 21.8. The highest BCUT2D eigenvalue weighted by molar-refractivity contribution is 7.98. The molecule has 0 saturated carbocycles. The fourth-order valence-corrected chi connectivity index (χ4v) is 10.3. The molecule has 95 heavy (non-hydrogen) atoms. The van der Waals surface area contributed by atoms with Gasteiger partial charge in [-0.3, -0.25) is 19.2 Å². The maximum atomic E-state index is 15.2. The van der Waals surface area contributed by atoms with Gasteiger partial charge in [0.15, 0.2) is 10.3 Å². The fourth-order valence-electron chi connectivity index (χ4n) is 8.94. The van der Waals surface area contributed by atoms with Crippen LogP contribution in [0.15, 0.2) is 159 Å². The Hall–Kier alpha value is -7.92. The Labute approximate surface area is 603 Å². The zero-order chi connectivity index (χ0) is 97.3. The van der Waals surface area contributed by atoms with Gasteiger partial charge in [0.2, 0.25) is 11.8 Å². The monoisotopic (exact) mass is 1380 g/mol. The summed E-state index contributed by atoms with van der Waals surface area (Å²) in [5.41, 5.74) is -18.8. The molecule has 0 N–H and O–H groups in total. The van der Waals surface area contributed by atoms with Crippen molar-refractivity contribution in [2.24, 2.45) is 0 Å². The summed E-state index contributed by atoms with van der Waals surface area (Å²) in [4.78, 5) is 66.4. The molecule has 0 radical (unpaired) electrons. The van der Waals surface area contributed by atoms with Crippen molar-refractivity contribution in [2.75, 3.05) is 52.2 Å². The molecule has 2 heterocycles. The number of aromatic nitrogens is 4. The van der Waals surface area contributed by atoms with Gasteiger partial charge in [-0.15, -0.1) is 0 Å². The Bertz CT molecular complexity index is 5720. The number of hydrogen-bond acceptors (Lipinski definition) is 10. The van der Waals surface area contributed by atoms with Crippen LogP contribution < -0.4 is 11.1 Å². The molecule has 0 aliphatic heterocycles. The van der Waals surface area contributed by atoms with Crippen LogP contribution in [-0.2, 0) is 85.0 Å². The first-order valence-electron chi connectivity index (χ1n) is 45.3. The van der Waals surface area contributed by atoms with Gasteiger partial charge in [-0.05, 0) is 164 Å². The Kier molecular flexibility index (Phi) is 13.5. The van der Waals surface area contributed by atoms with E-state index in [-0.39, 0.29) is 95.3 Å². The molecule has 0 spiro atoms. The van der Waals surface area contributed by atoms with Crippen molar-refractivity contribution in [3.63, 3.8) is 0 Å². The number of likely N-dealkylation sites (N-methyl/N-ethyl adjacent to an activating group) is 2. The van der Waals surface area contributed by atoms with E-state index in [1.807, 2.05) is 0 Å². The summed E-state index contributed by atoms with van der Waals surface area (Å²) < 4.78 is 399. The van der Waals surface area contributed by atoms with Crippen molar-refractivity contribution in [3.8, 4) is 22.3 Å². The predicted octanol–water partition coefficient (Wildman–Crippen LogP) is 14.7. The molecule has 0 unspecified atom stereocenters. The van der Waals surface area contributed by atoms with E-state index >= 15 is 4.79 Å². The van der Waals surface area contributed by atoms with Crippen LogP contribution in [0, 0.1) is 18.6 Å². The van der Waals surface area contributed by atoms with Crippen molar-refractivity contribution < 1.29 is 89.9 Å². The molecule has 0 atom stereocenters. The highest BCUT2D eigenvalue weighted by Crippen LogP contribution is 2.36. The SMILES string of the molecule is [2H]c1c([2H])c(-c2c([2H])c([2H])c(C(F)(F)F)c(C)c2[2H])c([2H])c([2H])c1CN(C(=O)C([2H])([2H])n1c(SC([2H])([2H])c2ccc(F)cc2)nc(=O)c2c1C([2H])([2H])C([2H])([2H])C2([2H])[2H])C([2H])([2H])C([2H])([2H])N(CC)CC.[2H]c1c([2H])c(C([2H])([2H])Sc2nc(=O)c3c(n2C([2H])([2H])C(=O)N(Cc2ccc(-c4ccc(C(F)(F)F)cc4)cc2)C([2H])([2H])C([2H])([2H])N(CC)CC)CCC3)c([2H])c([2H])c1F. The molecule has 502 valence electrons. The third kappa shape index (κ3) is 19.0. The molecular weight excluding hydrogens is 1270 g/mol. The summed E-state index contributed by atoms with van der Waals surface area (Å²) in [7, 11) is 0. The van der Waals surface area contributed by atoms with Gasteiger partial charge in [-0.2, -0.15) is 36.3 Å². The number of nitrogens with zero attached hydrogens (tertiary/aromatic N) is 8.